The van der Waals surface area contributed by atoms with E-state index < -0.39 is 0 Å². The maximum absolute atomic E-state index is 5.99. The van der Waals surface area contributed by atoms with Crippen molar-refractivity contribution in [3.05, 3.63) is 30.1 Å². The lowest BCUT2D eigenvalue weighted by molar-refractivity contribution is 0.0776. The Kier molecular flexibility index (Phi) is 4.88. The molecule has 0 unspecified atom stereocenters. The Hall–Kier alpha value is -0.970. The molecule has 3 aliphatic rings. The minimum atomic E-state index is 0.531. The lowest BCUT2D eigenvalue weighted by Gasteiger charge is -2.39. The Labute approximate surface area is 146 Å². The zero-order valence-corrected chi connectivity index (χ0v) is 15.0. The smallest absolute Gasteiger partial charge is 0.0622 e. The van der Waals surface area contributed by atoms with Crippen LogP contribution in [0.15, 0.2) is 24.4 Å². The molecule has 0 aromatic carbocycles. The molecule has 4 nitrogen and oxygen atoms in total. The van der Waals surface area contributed by atoms with Crippen molar-refractivity contribution in [2.24, 2.45) is 11.3 Å². The van der Waals surface area contributed by atoms with Gasteiger partial charge in [-0.15, -0.1) is 0 Å². The zero-order chi connectivity index (χ0) is 16.4. The standard InChI is InChI=1S/C20H31N3O/c1-22-16-20(12-19(22)15-24-14-17-5-6-17)7-10-23(11-8-20)13-18-4-2-3-9-21-18/h2-4,9,17,19H,5-8,10-16H2,1H3/t19-/m1/s1. The van der Waals surface area contributed by atoms with Crippen LogP contribution in [-0.2, 0) is 11.3 Å². The Morgan fingerprint density at radius 3 is 2.75 bits per heavy atom. The van der Waals surface area contributed by atoms with Gasteiger partial charge in [-0.2, -0.15) is 0 Å². The molecule has 4 rings (SSSR count). The highest BCUT2D eigenvalue weighted by molar-refractivity contribution is 5.04. The molecule has 132 valence electrons. The summed E-state index contributed by atoms with van der Waals surface area (Å²) in [4.78, 5) is 9.60. The number of aromatic nitrogens is 1. The number of ether oxygens (including phenoxy) is 1. The molecule has 1 saturated carbocycles. The molecule has 0 N–H and O–H groups in total. The maximum atomic E-state index is 5.99. The number of pyridine rings is 1. The summed E-state index contributed by atoms with van der Waals surface area (Å²) in [5.41, 5.74) is 1.73. The molecule has 0 radical (unpaired) electrons. The third-order valence-corrected chi connectivity index (χ3v) is 6.27. The van der Waals surface area contributed by atoms with Gasteiger partial charge in [-0.25, -0.2) is 0 Å². The van der Waals surface area contributed by atoms with Crippen LogP contribution in [-0.4, -0.2) is 60.7 Å². The summed E-state index contributed by atoms with van der Waals surface area (Å²) in [7, 11) is 2.29. The first-order chi connectivity index (χ1) is 11.7. The molecule has 0 bridgehead atoms. The second kappa shape index (κ2) is 7.11. The maximum Gasteiger partial charge on any atom is 0.0622 e. The molecule has 3 heterocycles. The van der Waals surface area contributed by atoms with Crippen molar-refractivity contribution >= 4 is 0 Å². The molecular formula is C20H31N3O. The molecule has 1 atom stereocenters. The normalized spacial score (nSPS) is 27.8. The van der Waals surface area contributed by atoms with Crippen molar-refractivity contribution in [1.29, 1.82) is 0 Å². The predicted octanol–water partition coefficient (Wildman–Crippen LogP) is 2.79. The van der Waals surface area contributed by atoms with Crippen molar-refractivity contribution < 1.29 is 4.74 Å². The fraction of sp³-hybridized carbons (Fsp3) is 0.750. The lowest BCUT2D eigenvalue weighted by Crippen LogP contribution is -2.41. The highest BCUT2D eigenvalue weighted by Gasteiger charge is 2.44. The summed E-state index contributed by atoms with van der Waals surface area (Å²) < 4.78 is 5.99. The van der Waals surface area contributed by atoms with Crippen LogP contribution in [0.4, 0.5) is 0 Å². The molecule has 3 fully saturated rings. The number of nitrogens with zero attached hydrogens (tertiary/aromatic N) is 3. The summed E-state index contributed by atoms with van der Waals surface area (Å²) in [5.74, 6) is 0.875. The summed E-state index contributed by atoms with van der Waals surface area (Å²) in [6, 6.07) is 6.85. The van der Waals surface area contributed by atoms with Crippen molar-refractivity contribution in [2.75, 3.05) is 39.9 Å². The fourth-order valence-corrected chi connectivity index (χ4v) is 4.49. The van der Waals surface area contributed by atoms with E-state index in [1.807, 2.05) is 12.3 Å². The van der Waals surface area contributed by atoms with Crippen LogP contribution in [0.1, 0.15) is 37.8 Å². The molecule has 1 aliphatic carbocycles. The van der Waals surface area contributed by atoms with Gasteiger partial charge < -0.3 is 9.64 Å². The molecule has 0 amide bonds. The molecule has 1 spiro atoms. The van der Waals surface area contributed by atoms with Gasteiger partial charge in [0, 0.05) is 31.9 Å². The molecule has 4 heteroatoms. The minimum Gasteiger partial charge on any atom is -0.380 e. The Balaban J connectivity index is 1.25. The highest BCUT2D eigenvalue weighted by Crippen LogP contribution is 2.43. The van der Waals surface area contributed by atoms with E-state index in [-0.39, 0.29) is 0 Å². The molecule has 2 saturated heterocycles. The third kappa shape index (κ3) is 3.98. The zero-order valence-electron chi connectivity index (χ0n) is 15.0. The lowest BCUT2D eigenvalue weighted by atomic mass is 9.76. The summed E-state index contributed by atoms with van der Waals surface area (Å²) in [6.07, 6.45) is 8.64. The Morgan fingerprint density at radius 1 is 1.21 bits per heavy atom. The monoisotopic (exact) mass is 329 g/mol. The van der Waals surface area contributed by atoms with Gasteiger partial charge in [0.25, 0.3) is 0 Å². The largest absolute Gasteiger partial charge is 0.380 e. The second-order valence-electron chi connectivity index (χ2n) is 8.35. The Morgan fingerprint density at radius 2 is 2.04 bits per heavy atom. The van der Waals surface area contributed by atoms with Gasteiger partial charge in [0.15, 0.2) is 0 Å². The number of rotatable bonds is 6. The topological polar surface area (TPSA) is 28.6 Å². The SMILES string of the molecule is CN1CC2(CCN(Cc3ccccn3)CC2)C[C@@H]1COCC1CC1. The summed E-state index contributed by atoms with van der Waals surface area (Å²) >= 11 is 0. The first-order valence-corrected chi connectivity index (χ1v) is 9.63. The van der Waals surface area contributed by atoms with Crippen LogP contribution in [0.2, 0.25) is 0 Å². The second-order valence-corrected chi connectivity index (χ2v) is 8.35. The van der Waals surface area contributed by atoms with Gasteiger partial charge in [0.2, 0.25) is 0 Å². The summed E-state index contributed by atoms with van der Waals surface area (Å²) in [6.45, 7) is 6.60. The van der Waals surface area contributed by atoms with E-state index in [0.717, 1.165) is 25.7 Å². The van der Waals surface area contributed by atoms with Gasteiger partial charge >= 0.3 is 0 Å². The van der Waals surface area contributed by atoms with Crippen LogP contribution >= 0.6 is 0 Å². The van der Waals surface area contributed by atoms with Crippen molar-refractivity contribution in [2.45, 2.75) is 44.7 Å². The Bertz CT molecular complexity index is 523. The molecule has 1 aromatic rings. The van der Waals surface area contributed by atoms with E-state index in [9.17, 15) is 0 Å². The van der Waals surface area contributed by atoms with Crippen LogP contribution in [0, 0.1) is 11.3 Å². The first-order valence-electron chi connectivity index (χ1n) is 9.63. The van der Waals surface area contributed by atoms with E-state index in [4.69, 9.17) is 4.74 Å². The molecule has 2 aliphatic heterocycles. The number of piperidine rings is 1. The van der Waals surface area contributed by atoms with Gasteiger partial charge in [-0.3, -0.25) is 9.88 Å². The molecule has 1 aromatic heterocycles. The third-order valence-electron chi connectivity index (χ3n) is 6.27. The molecule has 24 heavy (non-hydrogen) atoms. The average Bonchev–Trinajstić information content (AvgIpc) is 3.36. The number of hydrogen-bond acceptors (Lipinski definition) is 4. The quantitative estimate of drug-likeness (QED) is 0.802. The predicted molar refractivity (Wildman–Crippen MR) is 95.8 cm³/mol. The van der Waals surface area contributed by atoms with E-state index in [0.29, 0.717) is 11.5 Å². The van der Waals surface area contributed by atoms with Gasteiger partial charge in [0.1, 0.15) is 0 Å². The van der Waals surface area contributed by atoms with Crippen LogP contribution in [0.25, 0.3) is 0 Å². The van der Waals surface area contributed by atoms with E-state index in [1.165, 1.54) is 57.4 Å². The van der Waals surface area contributed by atoms with Crippen LogP contribution < -0.4 is 0 Å². The number of likely N-dealkylation sites (N-methyl/N-ethyl adjacent to an activating group) is 1. The molecular weight excluding hydrogens is 298 g/mol. The first kappa shape index (κ1) is 16.5. The van der Waals surface area contributed by atoms with Gasteiger partial charge in [0.05, 0.1) is 12.3 Å². The number of hydrogen-bond donors (Lipinski definition) is 0. The highest BCUT2D eigenvalue weighted by atomic mass is 16.5. The van der Waals surface area contributed by atoms with Crippen LogP contribution in [0.3, 0.4) is 0 Å². The van der Waals surface area contributed by atoms with E-state index in [2.05, 4.69) is 34.0 Å². The van der Waals surface area contributed by atoms with E-state index in [1.54, 1.807) is 0 Å². The van der Waals surface area contributed by atoms with Crippen LogP contribution in [0.5, 0.6) is 0 Å². The summed E-state index contributed by atoms with van der Waals surface area (Å²) in [5, 5.41) is 0. The van der Waals surface area contributed by atoms with Gasteiger partial charge in [-0.1, -0.05) is 6.07 Å². The van der Waals surface area contributed by atoms with Crippen molar-refractivity contribution in [1.82, 2.24) is 14.8 Å². The van der Waals surface area contributed by atoms with Crippen molar-refractivity contribution in [3.8, 4) is 0 Å². The van der Waals surface area contributed by atoms with Crippen molar-refractivity contribution in [3.63, 3.8) is 0 Å². The average molecular weight is 329 g/mol. The van der Waals surface area contributed by atoms with Gasteiger partial charge in [-0.05, 0) is 75.7 Å². The fourth-order valence-electron chi connectivity index (χ4n) is 4.49. The minimum absolute atomic E-state index is 0.531. The number of likely N-dealkylation sites (tertiary alicyclic amines) is 2. The van der Waals surface area contributed by atoms with E-state index >= 15 is 0 Å².